The fourth-order valence-electron chi connectivity index (χ4n) is 0.729. The van der Waals surface area contributed by atoms with Gasteiger partial charge in [-0.1, -0.05) is 0 Å². The normalized spacial score (nSPS) is 14.6. The van der Waals surface area contributed by atoms with Crippen molar-refractivity contribution >= 4 is 9.84 Å². The number of hydrogen-bond donors (Lipinski definition) is 1. The molecule has 14 heavy (non-hydrogen) atoms. The Morgan fingerprint density at radius 2 is 1.93 bits per heavy atom. The SMILES string of the molecule is CCN(CC)[NH+]([O-])[N-]OCS(C)(=O)=O. The second-order valence-corrected chi connectivity index (χ2v) is 4.81. The molecule has 0 aromatic heterocycles. The summed E-state index contributed by atoms with van der Waals surface area (Å²) in [5, 5.41) is 12.0. The van der Waals surface area contributed by atoms with E-state index in [4.69, 9.17) is 0 Å². The van der Waals surface area contributed by atoms with Gasteiger partial charge in [-0.25, -0.2) is 8.42 Å². The maximum Gasteiger partial charge on any atom is 0.170 e. The zero-order chi connectivity index (χ0) is 11.2. The first-order valence-corrected chi connectivity index (χ1v) is 6.26. The average Bonchev–Trinajstić information content (AvgIpc) is 2.04. The summed E-state index contributed by atoms with van der Waals surface area (Å²) in [6.45, 7) is 4.63. The topological polar surface area (TPSA) is 88.2 Å². The van der Waals surface area contributed by atoms with Crippen LogP contribution in [0.2, 0.25) is 0 Å². The smallest absolute Gasteiger partial charge is 0.170 e. The molecule has 0 aliphatic carbocycles. The average molecular weight is 226 g/mol. The minimum atomic E-state index is -3.25. The Morgan fingerprint density at radius 1 is 1.43 bits per heavy atom. The van der Waals surface area contributed by atoms with Crippen LogP contribution in [0.1, 0.15) is 13.8 Å². The predicted octanol–water partition coefficient (Wildman–Crippen LogP) is -1.15. The quantitative estimate of drug-likeness (QED) is 0.554. The van der Waals surface area contributed by atoms with E-state index in [1.54, 1.807) is 13.8 Å². The van der Waals surface area contributed by atoms with Gasteiger partial charge < -0.3 is 20.9 Å². The molecule has 0 heterocycles. The van der Waals surface area contributed by atoms with Gasteiger partial charge >= 0.3 is 0 Å². The zero-order valence-corrected chi connectivity index (χ0v) is 9.37. The van der Waals surface area contributed by atoms with E-state index < -0.39 is 21.1 Å². The number of rotatable bonds is 7. The summed E-state index contributed by atoms with van der Waals surface area (Å²) in [4.78, 5) is 4.39. The highest BCUT2D eigenvalue weighted by Crippen LogP contribution is 1.87. The van der Waals surface area contributed by atoms with E-state index >= 15 is 0 Å². The van der Waals surface area contributed by atoms with Crippen LogP contribution in [0.25, 0.3) is 5.59 Å². The number of nitrogens with zero attached hydrogens (tertiary/aromatic N) is 2. The van der Waals surface area contributed by atoms with E-state index in [9.17, 15) is 13.6 Å². The summed E-state index contributed by atoms with van der Waals surface area (Å²) in [7, 11) is -3.25. The van der Waals surface area contributed by atoms with Gasteiger partial charge in [0.2, 0.25) is 0 Å². The van der Waals surface area contributed by atoms with Gasteiger partial charge in [-0.05, 0) is 13.8 Å². The maximum atomic E-state index is 11.1. The van der Waals surface area contributed by atoms with Crippen LogP contribution in [0, 0.1) is 5.21 Å². The molecule has 0 amide bonds. The van der Waals surface area contributed by atoms with Crippen LogP contribution < -0.4 is 5.28 Å². The van der Waals surface area contributed by atoms with Crippen molar-refractivity contribution in [3.63, 3.8) is 0 Å². The van der Waals surface area contributed by atoms with E-state index in [-0.39, 0.29) is 0 Å². The summed E-state index contributed by atoms with van der Waals surface area (Å²) in [6.07, 6.45) is 1.00. The Morgan fingerprint density at radius 3 is 2.29 bits per heavy atom. The maximum absolute atomic E-state index is 11.1. The third-order valence-corrected chi connectivity index (χ3v) is 1.98. The van der Waals surface area contributed by atoms with Crippen LogP contribution in [0.15, 0.2) is 0 Å². The molecule has 1 unspecified atom stereocenters. The fraction of sp³-hybridized carbons (Fsp3) is 1.00. The van der Waals surface area contributed by atoms with Crippen molar-refractivity contribution in [3.05, 3.63) is 10.8 Å². The van der Waals surface area contributed by atoms with Crippen molar-refractivity contribution in [2.75, 3.05) is 25.3 Å². The Balaban J connectivity index is 3.78. The molecule has 0 fully saturated rings. The molecular formula is C6H16N3O4S-. The number of quaternary nitrogens is 1. The largest absolute Gasteiger partial charge is 0.621 e. The van der Waals surface area contributed by atoms with Gasteiger partial charge in [0, 0.05) is 19.3 Å². The van der Waals surface area contributed by atoms with Crippen LogP contribution in [0.4, 0.5) is 0 Å². The minimum absolute atomic E-state index is 0.515. The third-order valence-electron chi connectivity index (χ3n) is 1.44. The highest BCUT2D eigenvalue weighted by molar-refractivity contribution is 7.90. The summed E-state index contributed by atoms with van der Waals surface area (Å²) >= 11 is 0. The number of nitrogens with one attached hydrogen (secondary N) is 1. The molecule has 0 spiro atoms. The summed E-state index contributed by atoms with van der Waals surface area (Å²) < 4.78 is 21.2. The summed E-state index contributed by atoms with van der Waals surface area (Å²) in [6, 6.07) is 0. The molecule has 7 nitrogen and oxygen atoms in total. The molecule has 86 valence electrons. The van der Waals surface area contributed by atoms with Gasteiger partial charge in [0.1, 0.15) is 5.94 Å². The molecule has 0 aromatic carbocycles. The van der Waals surface area contributed by atoms with E-state index in [1.807, 2.05) is 0 Å². The first kappa shape index (κ1) is 13.8. The molecule has 0 rings (SSSR count). The van der Waals surface area contributed by atoms with Crippen LogP contribution >= 0.6 is 0 Å². The van der Waals surface area contributed by atoms with E-state index in [2.05, 4.69) is 10.4 Å². The van der Waals surface area contributed by atoms with E-state index in [0.717, 1.165) is 6.26 Å². The van der Waals surface area contributed by atoms with Gasteiger partial charge in [-0.15, -0.1) is 0 Å². The van der Waals surface area contributed by atoms with E-state index in [0.29, 0.717) is 13.1 Å². The monoisotopic (exact) mass is 226 g/mol. The number of sulfone groups is 1. The summed E-state index contributed by atoms with van der Waals surface area (Å²) in [5.74, 6) is -0.569. The van der Waals surface area contributed by atoms with Crippen molar-refractivity contribution in [2.24, 2.45) is 0 Å². The van der Waals surface area contributed by atoms with Crippen molar-refractivity contribution in [2.45, 2.75) is 13.8 Å². The lowest BCUT2D eigenvalue weighted by atomic mass is 10.6. The Hall–Kier alpha value is -0.250. The van der Waals surface area contributed by atoms with E-state index in [1.165, 1.54) is 5.01 Å². The Kier molecular flexibility index (Phi) is 6.16. The third kappa shape index (κ3) is 6.24. The summed E-state index contributed by atoms with van der Waals surface area (Å²) in [5.41, 5.74) is 3.16. The molecule has 1 atom stereocenters. The van der Waals surface area contributed by atoms with Crippen molar-refractivity contribution in [1.29, 1.82) is 0 Å². The molecule has 0 saturated heterocycles. The predicted molar refractivity (Wildman–Crippen MR) is 51.4 cm³/mol. The van der Waals surface area contributed by atoms with Crippen molar-refractivity contribution < 1.29 is 18.5 Å². The van der Waals surface area contributed by atoms with Gasteiger partial charge in [0.25, 0.3) is 0 Å². The molecular weight excluding hydrogens is 210 g/mol. The van der Waals surface area contributed by atoms with Crippen LogP contribution in [-0.2, 0) is 14.7 Å². The molecule has 8 heteroatoms. The molecule has 0 radical (unpaired) electrons. The van der Waals surface area contributed by atoms with Gasteiger partial charge in [0.15, 0.2) is 9.84 Å². The van der Waals surface area contributed by atoms with Crippen LogP contribution in [0.3, 0.4) is 0 Å². The standard InChI is InChI=1S/C6H16N3O4S/c1-4-8(5-2)9(10)7-13-6-14(3,11)12/h9H,4-6H2,1-3H3/q-1. The van der Waals surface area contributed by atoms with Crippen molar-refractivity contribution in [1.82, 2.24) is 5.01 Å². The lowest BCUT2D eigenvalue weighted by molar-refractivity contribution is -0.951. The second kappa shape index (κ2) is 6.27. The van der Waals surface area contributed by atoms with Crippen LogP contribution in [0.5, 0.6) is 0 Å². The highest BCUT2D eigenvalue weighted by Gasteiger charge is 2.01. The van der Waals surface area contributed by atoms with Gasteiger partial charge in [0.05, 0.1) is 0 Å². The first-order valence-electron chi connectivity index (χ1n) is 4.20. The Bertz CT molecular complexity index is 239. The minimum Gasteiger partial charge on any atom is -0.621 e. The molecule has 0 bridgehead atoms. The Labute approximate surface area is 84.0 Å². The first-order chi connectivity index (χ1) is 6.40. The zero-order valence-electron chi connectivity index (χ0n) is 8.56. The lowest BCUT2D eigenvalue weighted by Crippen LogP contribution is -3.10. The lowest BCUT2D eigenvalue weighted by Gasteiger charge is -2.40. The molecule has 0 aromatic rings. The van der Waals surface area contributed by atoms with Crippen LogP contribution in [-0.4, -0.2) is 38.7 Å². The molecule has 0 aliphatic heterocycles. The molecule has 0 saturated carbocycles. The van der Waals surface area contributed by atoms with Crippen molar-refractivity contribution in [3.8, 4) is 0 Å². The molecule has 0 aliphatic rings. The second-order valence-electron chi connectivity index (χ2n) is 2.72. The highest BCUT2D eigenvalue weighted by atomic mass is 32.2. The van der Waals surface area contributed by atoms with Gasteiger partial charge in [-0.3, -0.25) is 0 Å². The number of hydrogen-bond acceptors (Lipinski definition) is 5. The molecule has 1 N–H and O–H groups in total. The van der Waals surface area contributed by atoms with Gasteiger partial charge in [-0.2, -0.15) is 5.01 Å². The fourth-order valence-corrected chi connectivity index (χ4v) is 0.973.